The van der Waals surface area contributed by atoms with E-state index in [2.05, 4.69) is 20.5 Å². The van der Waals surface area contributed by atoms with E-state index in [0.717, 1.165) is 28.8 Å². The number of carbonyl (C=O) groups is 2. The first kappa shape index (κ1) is 35.0. The molecular weight excluding hydrogens is 649 g/mol. The van der Waals surface area contributed by atoms with Crippen molar-refractivity contribution < 1.29 is 22.7 Å². The van der Waals surface area contributed by atoms with E-state index in [-0.39, 0.29) is 33.1 Å². The number of anilines is 2. The molecule has 46 heavy (non-hydrogen) atoms. The van der Waals surface area contributed by atoms with Crippen molar-refractivity contribution in [2.45, 2.75) is 37.8 Å². The number of sulfonamides is 1. The van der Waals surface area contributed by atoms with Gasteiger partial charge in [0.2, 0.25) is 0 Å². The molecule has 13 heteroatoms. The average Bonchev–Trinajstić information content (AvgIpc) is 2.97. The topological polar surface area (TPSA) is 121 Å². The number of benzene rings is 3. The molecule has 0 spiro atoms. The highest BCUT2D eigenvalue weighted by Crippen LogP contribution is 2.34. The van der Waals surface area contributed by atoms with Gasteiger partial charge in [0.15, 0.2) is 0 Å². The number of aromatic nitrogens is 1. The molecule has 10 nitrogen and oxygen atoms in total. The summed E-state index contributed by atoms with van der Waals surface area (Å²) in [6.45, 7) is 6.29. The normalized spacial score (nSPS) is 11.8. The Morgan fingerprint density at radius 1 is 0.935 bits per heavy atom. The van der Waals surface area contributed by atoms with Crippen LogP contribution in [0.3, 0.4) is 0 Å². The van der Waals surface area contributed by atoms with E-state index in [1.54, 1.807) is 63.4 Å². The lowest BCUT2D eigenvalue weighted by atomic mass is 10.0. The van der Waals surface area contributed by atoms with Crippen molar-refractivity contribution in [2.24, 2.45) is 0 Å². The molecular formula is C33H37Cl2N5O5S. The third kappa shape index (κ3) is 9.10. The summed E-state index contributed by atoms with van der Waals surface area (Å²) in [4.78, 5) is 32.7. The predicted octanol–water partition coefficient (Wildman–Crippen LogP) is 5.98. The van der Waals surface area contributed by atoms with E-state index in [4.69, 9.17) is 27.9 Å². The minimum Gasteiger partial charge on any atom is -0.459 e. The van der Waals surface area contributed by atoms with Crippen molar-refractivity contribution in [1.82, 2.24) is 15.2 Å². The summed E-state index contributed by atoms with van der Waals surface area (Å²) in [5, 5.41) is 7.33. The van der Waals surface area contributed by atoms with Crippen LogP contribution < -0.4 is 14.9 Å². The monoisotopic (exact) mass is 685 g/mol. The minimum absolute atomic E-state index is 0.116. The van der Waals surface area contributed by atoms with Crippen LogP contribution in [0, 0.1) is 0 Å². The molecule has 0 saturated heterocycles. The lowest BCUT2D eigenvalue weighted by Crippen LogP contribution is -2.39. The molecule has 1 aromatic heterocycles. The van der Waals surface area contributed by atoms with Crippen LogP contribution >= 0.6 is 23.2 Å². The van der Waals surface area contributed by atoms with E-state index in [1.807, 2.05) is 26.2 Å². The van der Waals surface area contributed by atoms with Crippen LogP contribution in [-0.4, -0.2) is 69.5 Å². The van der Waals surface area contributed by atoms with E-state index in [9.17, 15) is 18.0 Å². The maximum Gasteiger partial charge on any atom is 0.327 e. The van der Waals surface area contributed by atoms with Gasteiger partial charge in [0.05, 0.1) is 10.6 Å². The zero-order valence-electron chi connectivity index (χ0n) is 26.3. The summed E-state index contributed by atoms with van der Waals surface area (Å²) in [5.41, 5.74) is 0.460. The summed E-state index contributed by atoms with van der Waals surface area (Å²) in [6, 6.07) is 17.6. The van der Waals surface area contributed by atoms with Crippen molar-refractivity contribution in [2.75, 3.05) is 43.4 Å². The fraction of sp³-hybridized carbons (Fsp3) is 0.303. The number of likely N-dealkylation sites (N-methyl/N-ethyl adjacent to an activating group) is 1. The second kappa shape index (κ2) is 14.7. The lowest BCUT2D eigenvalue weighted by molar-refractivity contribution is -0.152. The van der Waals surface area contributed by atoms with Crippen LogP contribution in [0.1, 0.15) is 36.7 Å². The molecule has 0 radical (unpaired) electrons. The third-order valence-corrected chi connectivity index (χ3v) is 8.85. The molecule has 4 aromatic rings. The highest BCUT2D eigenvalue weighted by molar-refractivity contribution is 7.93. The molecule has 4 rings (SSSR count). The summed E-state index contributed by atoms with van der Waals surface area (Å²) in [6.07, 6.45) is 1.70. The third-order valence-electron chi connectivity index (χ3n) is 6.67. The Bertz CT molecular complexity index is 1810. The number of ether oxygens (including phenoxy) is 1. The first-order valence-corrected chi connectivity index (χ1v) is 16.7. The van der Waals surface area contributed by atoms with Gasteiger partial charge in [-0.3, -0.25) is 13.9 Å². The second-order valence-corrected chi connectivity index (χ2v) is 14.6. The second-order valence-electron chi connectivity index (χ2n) is 11.8. The van der Waals surface area contributed by atoms with Crippen LogP contribution in [0.4, 0.5) is 11.5 Å². The Balaban J connectivity index is 1.65. The first-order chi connectivity index (χ1) is 21.6. The molecule has 0 unspecified atom stereocenters. The van der Waals surface area contributed by atoms with E-state index in [0.29, 0.717) is 16.3 Å². The van der Waals surface area contributed by atoms with Gasteiger partial charge < -0.3 is 20.3 Å². The Morgan fingerprint density at radius 3 is 2.24 bits per heavy atom. The predicted molar refractivity (Wildman–Crippen MR) is 183 cm³/mol. The van der Waals surface area contributed by atoms with Crippen molar-refractivity contribution in [3.8, 4) is 0 Å². The molecule has 0 atom stereocenters. The number of carbonyl (C=O) groups excluding carboxylic acids is 2. The number of fused-ring (bicyclic) bond motifs is 1. The van der Waals surface area contributed by atoms with Gasteiger partial charge in [-0.1, -0.05) is 53.5 Å². The Morgan fingerprint density at radius 2 is 1.61 bits per heavy atom. The van der Waals surface area contributed by atoms with Crippen LogP contribution in [0.2, 0.25) is 10.0 Å². The minimum atomic E-state index is -4.39. The van der Waals surface area contributed by atoms with E-state index >= 15 is 0 Å². The summed E-state index contributed by atoms with van der Waals surface area (Å²) in [7, 11) is -0.392. The molecule has 0 fully saturated rings. The number of rotatable bonds is 12. The largest absolute Gasteiger partial charge is 0.459 e. The molecule has 0 saturated carbocycles. The van der Waals surface area contributed by atoms with Crippen LogP contribution in [-0.2, 0) is 26.1 Å². The summed E-state index contributed by atoms with van der Waals surface area (Å²) < 4.78 is 34.6. The Labute approximate surface area is 279 Å². The molecule has 2 N–H and O–H groups in total. The summed E-state index contributed by atoms with van der Waals surface area (Å²) in [5.74, 6) is -0.383. The molecule has 0 aliphatic carbocycles. The molecule has 244 valence electrons. The number of amides is 1. The Kier molecular flexibility index (Phi) is 11.2. The van der Waals surface area contributed by atoms with Gasteiger partial charge in [-0.25, -0.2) is 13.4 Å². The van der Waals surface area contributed by atoms with Gasteiger partial charge >= 0.3 is 5.97 Å². The molecule has 0 aliphatic rings. The maximum atomic E-state index is 14.1. The molecule has 3 aromatic carbocycles. The van der Waals surface area contributed by atoms with Gasteiger partial charge in [0, 0.05) is 46.8 Å². The number of halogens is 2. The number of esters is 1. The smallest absolute Gasteiger partial charge is 0.327 e. The molecule has 0 bridgehead atoms. The zero-order valence-corrected chi connectivity index (χ0v) is 28.6. The SMILES string of the molecule is CN(C)CCNc1ccc(CNC(=O)c2cccc3c(N(CC(=O)OC(C)(C)C)S(=O)(=O)c4cc(Cl)cc(Cl)c4)cccc23)cn1. The number of hydrogen-bond acceptors (Lipinski definition) is 8. The number of nitrogens with zero attached hydrogens (tertiary/aromatic N) is 3. The summed E-state index contributed by atoms with van der Waals surface area (Å²) >= 11 is 12.3. The van der Waals surface area contributed by atoms with Gasteiger partial charge in [-0.2, -0.15) is 0 Å². The van der Waals surface area contributed by atoms with Crippen LogP contribution in [0.25, 0.3) is 10.8 Å². The van der Waals surface area contributed by atoms with Crippen molar-refractivity contribution >= 4 is 67.4 Å². The number of pyridine rings is 1. The molecule has 1 amide bonds. The van der Waals surface area contributed by atoms with E-state index in [1.165, 1.54) is 18.2 Å². The van der Waals surface area contributed by atoms with Crippen LogP contribution in [0.5, 0.6) is 0 Å². The van der Waals surface area contributed by atoms with Crippen molar-refractivity contribution in [3.63, 3.8) is 0 Å². The van der Waals surface area contributed by atoms with Crippen molar-refractivity contribution in [3.05, 3.63) is 94.1 Å². The van der Waals surface area contributed by atoms with E-state index < -0.39 is 28.1 Å². The molecule has 1 heterocycles. The zero-order chi connectivity index (χ0) is 33.6. The maximum absolute atomic E-state index is 14.1. The van der Waals surface area contributed by atoms with Crippen LogP contribution in [0.15, 0.2) is 77.8 Å². The van der Waals surface area contributed by atoms with Crippen molar-refractivity contribution in [1.29, 1.82) is 0 Å². The number of nitrogens with one attached hydrogen (secondary N) is 2. The van der Waals surface area contributed by atoms with Gasteiger partial charge in [0.1, 0.15) is 18.0 Å². The lowest BCUT2D eigenvalue weighted by Gasteiger charge is -2.27. The highest BCUT2D eigenvalue weighted by Gasteiger charge is 2.31. The Hall–Kier alpha value is -3.90. The number of hydrogen-bond donors (Lipinski definition) is 2. The molecule has 0 aliphatic heterocycles. The fourth-order valence-corrected chi connectivity index (χ4v) is 6.78. The van der Waals surface area contributed by atoms with Gasteiger partial charge in [-0.15, -0.1) is 0 Å². The fourth-order valence-electron chi connectivity index (χ4n) is 4.62. The standard InChI is InChI=1S/C33H37Cl2N5O5S/c1-33(2,3)45-31(41)21-40(46(43,44)25-17-23(34)16-24(35)18-25)29-11-7-8-26-27(29)9-6-10-28(26)32(42)38-20-22-12-13-30(37-19-22)36-14-15-39(4)5/h6-13,16-19H,14-15,20-21H2,1-5H3,(H,36,37)(H,38,42). The average molecular weight is 687 g/mol. The first-order valence-electron chi connectivity index (χ1n) is 14.5. The van der Waals surface area contributed by atoms with Gasteiger partial charge in [-0.05, 0) is 82.2 Å². The highest BCUT2D eigenvalue weighted by atomic mass is 35.5. The van der Waals surface area contributed by atoms with Gasteiger partial charge in [0.25, 0.3) is 15.9 Å². The quantitative estimate of drug-likeness (QED) is 0.175.